The highest BCUT2D eigenvalue weighted by molar-refractivity contribution is 5.91. The second kappa shape index (κ2) is 17.0. The van der Waals surface area contributed by atoms with Gasteiger partial charge in [0.25, 0.3) is 0 Å². The van der Waals surface area contributed by atoms with Crippen molar-refractivity contribution >= 4 is 5.97 Å². The van der Waals surface area contributed by atoms with Crippen LogP contribution in [0.2, 0.25) is 0 Å². The Kier molecular flexibility index (Phi) is 12.7. The van der Waals surface area contributed by atoms with Crippen molar-refractivity contribution in [2.75, 3.05) is 62.5 Å². The van der Waals surface area contributed by atoms with Crippen molar-refractivity contribution in [2.24, 2.45) is 11.8 Å². The zero-order chi connectivity index (χ0) is 39.4. The van der Waals surface area contributed by atoms with Crippen LogP contribution in [0.25, 0.3) is 0 Å². The summed E-state index contributed by atoms with van der Waals surface area (Å²) in [5.74, 6) is -3.78. The molecule has 0 radical (unpaired) electrons. The third kappa shape index (κ3) is 7.42. The van der Waals surface area contributed by atoms with Crippen molar-refractivity contribution in [1.29, 1.82) is 0 Å². The predicted octanol–water partition coefficient (Wildman–Crippen LogP) is 1.45. The summed E-state index contributed by atoms with van der Waals surface area (Å²) < 4.78 is 50.2. The first-order valence-corrected chi connectivity index (χ1v) is 16.8. The van der Waals surface area contributed by atoms with Gasteiger partial charge in [-0.05, 0) is 59.7 Å². The minimum absolute atomic E-state index is 0.0707. The molecule has 1 saturated heterocycles. The number of fused-ring (bicyclic) bond motifs is 1. The van der Waals surface area contributed by atoms with Gasteiger partial charge in [0.2, 0.25) is 17.2 Å². The summed E-state index contributed by atoms with van der Waals surface area (Å²) in [6.45, 7) is -1.34. The van der Waals surface area contributed by atoms with E-state index in [0.29, 0.717) is 16.7 Å². The molecule has 0 spiro atoms. The van der Waals surface area contributed by atoms with Gasteiger partial charge >= 0.3 is 5.97 Å². The third-order valence-electron chi connectivity index (χ3n) is 9.93. The number of carbonyl (C=O) groups is 1. The monoisotopic (exact) mass is 762 g/mol. The molecule has 296 valence electrons. The maximum Gasteiger partial charge on any atom is 0.338 e. The summed E-state index contributed by atoms with van der Waals surface area (Å²) in [5, 5.41) is 75.1. The van der Waals surface area contributed by atoms with Crippen LogP contribution >= 0.6 is 0 Å². The lowest BCUT2D eigenvalue weighted by molar-refractivity contribution is -0.303. The van der Waals surface area contributed by atoms with Gasteiger partial charge in [-0.25, -0.2) is 4.79 Å². The number of carbonyl (C=O) groups excluding carboxylic acids is 1. The molecule has 3 aromatic rings. The number of phenolic OH excluding ortho intramolecular Hbond substituents is 3. The number of ether oxygens (including phenoxy) is 9. The number of rotatable bonds is 14. The standard InChI is InChI=1S/C37H46O17/c1-46-21-9-17(10-22(47-2)29(21)40)27-20(19(13-38)7-16-8-25(50-5)32(43)34(51-6)28(16)27)15-52-37-35(33(44)31(42)26(14-39)53-37)54-36(45)18-11-23(48-3)30(41)24(12-18)49-4/h8-12,19-20,26-27,31,33,35,37-44H,7,13-15H2,1-6H3/t19-,20-,26+,27+,31+,33-,35+,37+/m1/s1. The van der Waals surface area contributed by atoms with Crippen LogP contribution in [0.3, 0.4) is 0 Å². The first kappa shape index (κ1) is 40.3. The number of aliphatic hydroxyl groups is 4. The molecule has 1 aliphatic carbocycles. The van der Waals surface area contributed by atoms with Crippen molar-refractivity contribution in [2.45, 2.75) is 43.0 Å². The molecule has 8 atom stereocenters. The van der Waals surface area contributed by atoms with Gasteiger partial charge in [-0.2, -0.15) is 0 Å². The Balaban J connectivity index is 1.58. The number of hydrogen-bond donors (Lipinski definition) is 7. The van der Waals surface area contributed by atoms with E-state index in [4.69, 9.17) is 42.6 Å². The second-order valence-electron chi connectivity index (χ2n) is 12.7. The zero-order valence-electron chi connectivity index (χ0n) is 30.5. The number of phenols is 3. The maximum atomic E-state index is 13.5. The van der Waals surface area contributed by atoms with Crippen LogP contribution < -0.4 is 28.4 Å². The number of aromatic hydroxyl groups is 3. The van der Waals surface area contributed by atoms with Gasteiger partial charge in [-0.15, -0.1) is 0 Å². The van der Waals surface area contributed by atoms with E-state index >= 15 is 0 Å². The van der Waals surface area contributed by atoms with Crippen molar-refractivity contribution in [3.63, 3.8) is 0 Å². The highest BCUT2D eigenvalue weighted by atomic mass is 16.7. The molecule has 1 heterocycles. The van der Waals surface area contributed by atoms with E-state index in [1.165, 1.54) is 54.8 Å². The van der Waals surface area contributed by atoms with Crippen LogP contribution in [0.1, 0.15) is 33.0 Å². The number of benzene rings is 3. The van der Waals surface area contributed by atoms with Gasteiger partial charge in [0.15, 0.2) is 46.9 Å². The fourth-order valence-electron chi connectivity index (χ4n) is 7.15. The van der Waals surface area contributed by atoms with Crippen molar-refractivity contribution in [3.8, 4) is 51.7 Å². The molecular weight excluding hydrogens is 716 g/mol. The van der Waals surface area contributed by atoms with Crippen molar-refractivity contribution in [1.82, 2.24) is 0 Å². The first-order chi connectivity index (χ1) is 25.9. The Labute approximate surface area is 310 Å². The van der Waals surface area contributed by atoms with Crippen LogP contribution in [0.15, 0.2) is 30.3 Å². The lowest BCUT2D eigenvalue weighted by atomic mass is 9.66. The third-order valence-corrected chi connectivity index (χ3v) is 9.93. The van der Waals surface area contributed by atoms with Crippen LogP contribution in [0, 0.1) is 11.8 Å². The zero-order valence-corrected chi connectivity index (χ0v) is 30.5. The molecule has 0 aromatic heterocycles. The Hall–Kier alpha value is -4.91. The van der Waals surface area contributed by atoms with E-state index in [1.807, 2.05) is 0 Å². The fourth-order valence-corrected chi connectivity index (χ4v) is 7.15. The second-order valence-corrected chi connectivity index (χ2v) is 12.7. The quantitative estimate of drug-likeness (QED) is 0.115. The Morgan fingerprint density at radius 2 is 1.26 bits per heavy atom. The topological polar surface area (TPSA) is 242 Å². The summed E-state index contributed by atoms with van der Waals surface area (Å²) in [7, 11) is 8.04. The first-order valence-electron chi connectivity index (χ1n) is 16.8. The van der Waals surface area contributed by atoms with Gasteiger partial charge in [0.05, 0.1) is 61.4 Å². The summed E-state index contributed by atoms with van der Waals surface area (Å²) in [4.78, 5) is 13.5. The SMILES string of the molecule is COc1cc(C(=O)O[C@@H]2[C@@H](OC[C@@H]3[C@@H](CO)Cc4cc(OC)c(O)c(OC)c4[C@H]3c3cc(OC)c(O)c(OC)c3)O[C@@H](CO)[C@H](O)[C@H]2O)cc(OC)c1O. The lowest BCUT2D eigenvalue weighted by Gasteiger charge is -2.44. The van der Waals surface area contributed by atoms with Crippen LogP contribution in [-0.2, 0) is 20.6 Å². The summed E-state index contributed by atoms with van der Waals surface area (Å²) in [5.41, 5.74) is 1.54. The van der Waals surface area contributed by atoms with E-state index in [9.17, 15) is 40.5 Å². The molecular formula is C37H46O17. The molecule has 1 fully saturated rings. The molecule has 3 aromatic carbocycles. The maximum absolute atomic E-state index is 13.5. The number of methoxy groups -OCH3 is 6. The Morgan fingerprint density at radius 3 is 1.76 bits per heavy atom. The molecule has 17 heteroatoms. The summed E-state index contributed by atoms with van der Waals surface area (Å²) >= 11 is 0. The largest absolute Gasteiger partial charge is 0.502 e. The average Bonchev–Trinajstić information content (AvgIpc) is 3.18. The Bertz CT molecular complexity index is 1750. The molecule has 0 amide bonds. The van der Waals surface area contributed by atoms with E-state index < -0.39 is 61.0 Å². The molecule has 0 bridgehead atoms. The normalized spacial score (nSPS) is 24.9. The molecule has 0 saturated carbocycles. The molecule has 54 heavy (non-hydrogen) atoms. The molecule has 7 N–H and O–H groups in total. The average molecular weight is 763 g/mol. The highest BCUT2D eigenvalue weighted by Crippen LogP contribution is 2.54. The predicted molar refractivity (Wildman–Crippen MR) is 186 cm³/mol. The smallest absolute Gasteiger partial charge is 0.338 e. The lowest BCUT2D eigenvalue weighted by Crippen LogP contribution is -2.60. The molecule has 0 unspecified atom stereocenters. The minimum Gasteiger partial charge on any atom is -0.502 e. The number of esters is 1. The van der Waals surface area contributed by atoms with E-state index in [-0.39, 0.29) is 76.9 Å². The van der Waals surface area contributed by atoms with E-state index in [0.717, 1.165) is 0 Å². The van der Waals surface area contributed by atoms with Crippen LogP contribution in [-0.4, -0.2) is 135 Å². The van der Waals surface area contributed by atoms with Gasteiger partial charge in [-0.3, -0.25) is 0 Å². The molecule has 5 rings (SSSR count). The van der Waals surface area contributed by atoms with Crippen LogP contribution in [0.4, 0.5) is 0 Å². The molecule has 1 aliphatic heterocycles. The minimum atomic E-state index is -1.81. The van der Waals surface area contributed by atoms with E-state index in [2.05, 4.69) is 0 Å². The van der Waals surface area contributed by atoms with Gasteiger partial charge < -0.3 is 78.4 Å². The van der Waals surface area contributed by atoms with Gasteiger partial charge in [0.1, 0.15) is 18.3 Å². The highest BCUT2D eigenvalue weighted by Gasteiger charge is 2.49. The van der Waals surface area contributed by atoms with Crippen molar-refractivity contribution < 1.29 is 83.2 Å². The van der Waals surface area contributed by atoms with Gasteiger partial charge in [0, 0.05) is 18.1 Å². The van der Waals surface area contributed by atoms with Gasteiger partial charge in [-0.1, -0.05) is 0 Å². The summed E-state index contributed by atoms with van der Waals surface area (Å²) in [6.07, 6.45) is -7.85. The fraction of sp³-hybridized carbons (Fsp3) is 0.486. The molecule has 2 aliphatic rings. The van der Waals surface area contributed by atoms with Crippen molar-refractivity contribution in [3.05, 3.63) is 52.6 Å². The number of aliphatic hydroxyl groups excluding tert-OH is 4. The summed E-state index contributed by atoms with van der Waals surface area (Å²) in [6, 6.07) is 7.17. The number of hydrogen-bond acceptors (Lipinski definition) is 17. The Morgan fingerprint density at radius 1 is 0.722 bits per heavy atom. The molecule has 17 nitrogen and oxygen atoms in total. The van der Waals surface area contributed by atoms with Crippen LogP contribution in [0.5, 0.6) is 51.7 Å². The van der Waals surface area contributed by atoms with E-state index in [1.54, 1.807) is 18.2 Å².